The quantitative estimate of drug-likeness (QED) is 0.678. The molecule has 0 aliphatic carbocycles. The highest BCUT2D eigenvalue weighted by Crippen LogP contribution is 2.29. The molecular weight excluding hydrogens is 288 g/mol. The second-order valence-corrected chi connectivity index (χ2v) is 5.30. The molecule has 0 bridgehead atoms. The fourth-order valence-electron chi connectivity index (χ4n) is 2.19. The fourth-order valence-corrected chi connectivity index (χ4v) is 3.05. The van der Waals surface area contributed by atoms with Gasteiger partial charge in [-0.2, -0.15) is 4.98 Å². The minimum atomic E-state index is -1.08. The molecule has 0 aromatic carbocycles. The zero-order valence-corrected chi connectivity index (χ0v) is 10.8. The van der Waals surface area contributed by atoms with E-state index in [4.69, 9.17) is 15.6 Å². The largest absolute Gasteiger partial charge is 0.479 e. The zero-order valence-electron chi connectivity index (χ0n) is 10.0. The van der Waals surface area contributed by atoms with Crippen molar-refractivity contribution in [2.24, 2.45) is 0 Å². The van der Waals surface area contributed by atoms with Crippen molar-refractivity contribution >= 4 is 33.6 Å². The summed E-state index contributed by atoms with van der Waals surface area (Å²) in [7, 11) is 0. The number of hydrogen-bond acceptors (Lipinski definition) is 7. The van der Waals surface area contributed by atoms with Crippen molar-refractivity contribution in [1.29, 1.82) is 0 Å². The smallest absolute Gasteiger partial charge is 0.332 e. The van der Waals surface area contributed by atoms with Crippen molar-refractivity contribution in [3.63, 3.8) is 0 Å². The number of carboxylic acid groups (broad SMARTS) is 1. The average molecular weight is 298 g/mol. The molecule has 1 aliphatic rings. The minimum absolute atomic E-state index is 0.109. The summed E-state index contributed by atoms with van der Waals surface area (Å²) in [5, 5.41) is 8.90. The van der Waals surface area contributed by atoms with Gasteiger partial charge in [0.15, 0.2) is 11.8 Å². The molecule has 106 valence electrons. The second kappa shape index (κ2) is 4.42. The van der Waals surface area contributed by atoms with Crippen LogP contribution < -0.4 is 16.2 Å². The van der Waals surface area contributed by atoms with Gasteiger partial charge in [-0.15, -0.1) is 0 Å². The number of aromatic nitrogens is 3. The molecular formula is C10H10N4O5S. The normalized spacial score (nSPS) is 22.4. The Hall–Kier alpha value is -2.20. The lowest BCUT2D eigenvalue weighted by atomic mass is 10.2. The van der Waals surface area contributed by atoms with E-state index in [1.807, 2.05) is 0 Å². The van der Waals surface area contributed by atoms with Gasteiger partial charge in [-0.05, 0) is 12.8 Å². The molecule has 1 fully saturated rings. The molecule has 0 spiro atoms. The number of hydrogen-bond donors (Lipinski definition) is 3. The number of nitrogens with one attached hydrogen (secondary N) is 1. The van der Waals surface area contributed by atoms with E-state index in [0.717, 1.165) is 11.3 Å². The van der Waals surface area contributed by atoms with Crippen LogP contribution in [0, 0.1) is 0 Å². The average Bonchev–Trinajstić information content (AvgIpc) is 2.93. The second-order valence-electron chi connectivity index (χ2n) is 4.34. The van der Waals surface area contributed by atoms with Crippen molar-refractivity contribution < 1.29 is 14.6 Å². The van der Waals surface area contributed by atoms with Gasteiger partial charge in [0.05, 0.1) is 0 Å². The van der Waals surface area contributed by atoms with E-state index in [2.05, 4.69) is 9.97 Å². The standard InChI is InChI=1S/C10H10N4O5S/c11-9-12-6-5(7(15)13-9)20-10(18)14(6)4-2-1-3(19-4)8(16)17/h3-4H,1-2H2,(H,16,17)(H3,11,12,13,15)/t3-,4+/m0/s1. The first-order valence-corrected chi connectivity index (χ1v) is 6.58. The van der Waals surface area contributed by atoms with E-state index in [9.17, 15) is 14.4 Å². The summed E-state index contributed by atoms with van der Waals surface area (Å²) in [6.07, 6.45) is -1.05. The summed E-state index contributed by atoms with van der Waals surface area (Å²) in [5.74, 6) is -1.19. The Balaban J connectivity index is 2.13. The highest BCUT2D eigenvalue weighted by atomic mass is 32.1. The van der Waals surface area contributed by atoms with Gasteiger partial charge in [0.2, 0.25) is 5.95 Å². The van der Waals surface area contributed by atoms with Gasteiger partial charge in [0.1, 0.15) is 10.9 Å². The summed E-state index contributed by atoms with van der Waals surface area (Å²) >= 11 is 0.729. The number of nitrogens with zero attached hydrogens (tertiary/aromatic N) is 2. The molecule has 3 rings (SSSR count). The number of nitrogen functional groups attached to an aromatic ring is 1. The minimum Gasteiger partial charge on any atom is -0.479 e. The van der Waals surface area contributed by atoms with Gasteiger partial charge < -0.3 is 15.6 Å². The van der Waals surface area contributed by atoms with E-state index in [-0.39, 0.29) is 16.3 Å². The molecule has 20 heavy (non-hydrogen) atoms. The van der Waals surface area contributed by atoms with Crippen LogP contribution in [-0.4, -0.2) is 31.7 Å². The van der Waals surface area contributed by atoms with Crippen LogP contribution in [0.3, 0.4) is 0 Å². The lowest BCUT2D eigenvalue weighted by Gasteiger charge is -2.12. The molecule has 4 N–H and O–H groups in total. The number of anilines is 1. The predicted octanol–water partition coefficient (Wildman–Crippen LogP) is -0.509. The summed E-state index contributed by atoms with van der Waals surface area (Å²) in [5.41, 5.74) is 5.09. The van der Waals surface area contributed by atoms with Crippen molar-refractivity contribution in [1.82, 2.24) is 14.5 Å². The van der Waals surface area contributed by atoms with Crippen LogP contribution >= 0.6 is 11.3 Å². The number of nitrogens with two attached hydrogens (primary N) is 1. The summed E-state index contributed by atoms with van der Waals surface area (Å²) in [4.78, 5) is 40.4. The molecule has 3 heterocycles. The van der Waals surface area contributed by atoms with Crippen molar-refractivity contribution in [3.8, 4) is 0 Å². The Labute approximate surface area is 114 Å². The maximum atomic E-state index is 12.0. The first-order valence-electron chi connectivity index (χ1n) is 5.76. The zero-order chi connectivity index (χ0) is 14.4. The predicted molar refractivity (Wildman–Crippen MR) is 69.7 cm³/mol. The summed E-state index contributed by atoms with van der Waals surface area (Å²) in [6.45, 7) is 0. The lowest BCUT2D eigenvalue weighted by molar-refractivity contribution is -0.151. The van der Waals surface area contributed by atoms with Crippen LogP contribution in [0.15, 0.2) is 9.59 Å². The molecule has 0 unspecified atom stereocenters. The van der Waals surface area contributed by atoms with Crippen LogP contribution in [0.5, 0.6) is 0 Å². The number of H-pyrrole nitrogens is 1. The van der Waals surface area contributed by atoms with Gasteiger partial charge in [-0.25, -0.2) is 4.79 Å². The van der Waals surface area contributed by atoms with E-state index in [0.29, 0.717) is 12.8 Å². The molecule has 0 saturated carbocycles. The van der Waals surface area contributed by atoms with Gasteiger partial charge in [0.25, 0.3) is 5.56 Å². The molecule has 2 aromatic rings. The van der Waals surface area contributed by atoms with Gasteiger partial charge in [-0.1, -0.05) is 11.3 Å². The van der Waals surface area contributed by atoms with E-state index in [1.165, 1.54) is 4.57 Å². The van der Waals surface area contributed by atoms with Gasteiger partial charge >= 0.3 is 10.8 Å². The summed E-state index contributed by atoms with van der Waals surface area (Å²) < 4.78 is 6.65. The van der Waals surface area contributed by atoms with E-state index in [1.54, 1.807) is 0 Å². The van der Waals surface area contributed by atoms with Crippen molar-refractivity contribution in [2.75, 3.05) is 5.73 Å². The van der Waals surface area contributed by atoms with Crippen LogP contribution in [0.25, 0.3) is 10.3 Å². The number of ether oxygens (including phenoxy) is 1. The van der Waals surface area contributed by atoms with Crippen LogP contribution in [0.4, 0.5) is 5.95 Å². The maximum Gasteiger partial charge on any atom is 0.332 e. The molecule has 1 aliphatic heterocycles. The van der Waals surface area contributed by atoms with Crippen molar-refractivity contribution in [2.45, 2.75) is 25.2 Å². The Morgan fingerprint density at radius 1 is 1.50 bits per heavy atom. The number of aromatic amines is 1. The number of aliphatic carboxylic acids is 1. The van der Waals surface area contributed by atoms with Gasteiger partial charge in [0, 0.05) is 0 Å². The summed E-state index contributed by atoms with van der Waals surface area (Å²) in [6, 6.07) is 0. The first kappa shape index (κ1) is 12.8. The number of carbonyl (C=O) groups is 1. The third-order valence-electron chi connectivity index (χ3n) is 3.05. The lowest BCUT2D eigenvalue weighted by Crippen LogP contribution is -2.24. The fraction of sp³-hybridized carbons (Fsp3) is 0.400. The van der Waals surface area contributed by atoms with Crippen LogP contribution in [0.2, 0.25) is 0 Å². The highest BCUT2D eigenvalue weighted by Gasteiger charge is 2.33. The number of fused-ring (bicyclic) bond motifs is 1. The third-order valence-corrected chi connectivity index (χ3v) is 4.00. The van der Waals surface area contributed by atoms with Crippen LogP contribution in [-0.2, 0) is 9.53 Å². The van der Waals surface area contributed by atoms with E-state index >= 15 is 0 Å². The monoisotopic (exact) mass is 298 g/mol. The molecule has 1 saturated heterocycles. The van der Waals surface area contributed by atoms with Gasteiger partial charge in [-0.3, -0.25) is 19.1 Å². The number of carboxylic acids is 1. The Morgan fingerprint density at radius 3 is 2.90 bits per heavy atom. The molecule has 9 nitrogen and oxygen atoms in total. The van der Waals surface area contributed by atoms with Crippen molar-refractivity contribution in [3.05, 3.63) is 20.0 Å². The highest BCUT2D eigenvalue weighted by molar-refractivity contribution is 7.16. The van der Waals surface area contributed by atoms with Crippen LogP contribution in [0.1, 0.15) is 19.1 Å². The molecule has 2 aromatic heterocycles. The van der Waals surface area contributed by atoms with E-state index < -0.39 is 28.7 Å². The molecule has 0 radical (unpaired) electrons. The first-order chi connectivity index (χ1) is 9.47. The third kappa shape index (κ3) is 1.89. The Morgan fingerprint density at radius 2 is 2.25 bits per heavy atom. The number of thiazole rings is 1. The SMILES string of the molecule is Nc1nc2c(sc(=O)n2[C@H]2CC[C@@H](C(=O)O)O2)c(=O)[nH]1. The number of rotatable bonds is 2. The molecule has 2 atom stereocenters. The topological polar surface area (TPSA) is 140 Å². The molecule has 0 amide bonds. The Kier molecular flexibility index (Phi) is 2.83. The maximum absolute atomic E-state index is 12.0. The molecule has 10 heteroatoms. The Bertz CT molecular complexity index is 806.